The Kier molecular flexibility index (Phi) is 7.86. The van der Waals surface area contributed by atoms with Gasteiger partial charge in [-0.3, -0.25) is 4.79 Å². The van der Waals surface area contributed by atoms with Crippen LogP contribution >= 0.6 is 11.6 Å². The van der Waals surface area contributed by atoms with Crippen molar-refractivity contribution in [3.05, 3.63) is 40.5 Å². The lowest BCUT2D eigenvalue weighted by atomic mass is 10.1. The first kappa shape index (κ1) is 19.4. The Hall–Kier alpha value is -1.94. The van der Waals surface area contributed by atoms with Crippen molar-refractivity contribution in [3.63, 3.8) is 0 Å². The van der Waals surface area contributed by atoms with Gasteiger partial charge in [-0.05, 0) is 31.0 Å². The van der Waals surface area contributed by atoms with Crippen LogP contribution in [0.15, 0.2) is 29.4 Å². The van der Waals surface area contributed by atoms with E-state index in [0.717, 1.165) is 29.3 Å². The van der Waals surface area contributed by atoms with E-state index < -0.39 is 0 Å². The van der Waals surface area contributed by atoms with Gasteiger partial charge in [0.25, 0.3) is 0 Å². The van der Waals surface area contributed by atoms with Crippen molar-refractivity contribution in [3.8, 4) is 0 Å². The predicted octanol–water partition coefficient (Wildman–Crippen LogP) is 5.40. The van der Waals surface area contributed by atoms with Crippen molar-refractivity contribution >= 4 is 34.6 Å². The maximum atomic E-state index is 11.8. The highest BCUT2D eigenvalue weighted by molar-refractivity contribution is 6.32. The first-order valence-corrected chi connectivity index (χ1v) is 9.36. The number of pyridine rings is 1. The molecule has 0 spiro atoms. The number of nitrogens with zero attached hydrogens (tertiary/aromatic N) is 2. The standard InChI is InChI=1S/C20H26ClN3O/c1-3-4-5-6-7-8-9-19(25)24-22-14-17-13-16-11-10-15(2)12-18(16)23-20(17)21/h10-14H,3-9H2,1-2H3,(H,24,25)/b22-14+. The van der Waals surface area contributed by atoms with E-state index in [1.807, 2.05) is 31.2 Å². The molecule has 0 atom stereocenters. The Morgan fingerprint density at radius 2 is 1.96 bits per heavy atom. The first-order chi connectivity index (χ1) is 12.1. The zero-order valence-corrected chi connectivity index (χ0v) is 15.8. The number of aromatic nitrogens is 1. The Morgan fingerprint density at radius 1 is 1.20 bits per heavy atom. The average molecular weight is 360 g/mol. The van der Waals surface area contributed by atoms with Crippen molar-refractivity contribution in [1.82, 2.24) is 10.4 Å². The summed E-state index contributed by atoms with van der Waals surface area (Å²) in [5, 5.41) is 5.38. The lowest BCUT2D eigenvalue weighted by Crippen LogP contribution is -2.17. The molecule has 5 heteroatoms. The number of rotatable bonds is 9. The lowest BCUT2D eigenvalue weighted by Gasteiger charge is -2.03. The van der Waals surface area contributed by atoms with Crippen LogP contribution in [-0.4, -0.2) is 17.1 Å². The molecule has 0 unspecified atom stereocenters. The highest BCUT2D eigenvalue weighted by Crippen LogP contribution is 2.20. The molecule has 0 saturated heterocycles. The SMILES string of the molecule is CCCCCCCCC(=O)N/N=C/c1cc2ccc(C)cc2nc1Cl. The number of hydrogen-bond acceptors (Lipinski definition) is 3. The summed E-state index contributed by atoms with van der Waals surface area (Å²) in [6, 6.07) is 7.95. The number of hydrazone groups is 1. The average Bonchev–Trinajstić information content (AvgIpc) is 2.58. The fourth-order valence-electron chi connectivity index (χ4n) is 2.66. The second-order valence-corrected chi connectivity index (χ2v) is 6.73. The maximum Gasteiger partial charge on any atom is 0.240 e. The van der Waals surface area contributed by atoms with Crippen molar-refractivity contribution in [2.75, 3.05) is 0 Å². The number of amides is 1. The number of carbonyl (C=O) groups excluding carboxylic acids is 1. The van der Waals surface area contributed by atoms with Gasteiger partial charge in [-0.1, -0.05) is 62.8 Å². The second kappa shape index (κ2) is 10.1. The van der Waals surface area contributed by atoms with E-state index in [1.54, 1.807) is 6.21 Å². The summed E-state index contributed by atoms with van der Waals surface area (Å²) in [4.78, 5) is 16.2. The predicted molar refractivity (Wildman–Crippen MR) is 105 cm³/mol. The largest absolute Gasteiger partial charge is 0.273 e. The minimum atomic E-state index is -0.0627. The van der Waals surface area contributed by atoms with Gasteiger partial charge in [-0.25, -0.2) is 10.4 Å². The zero-order valence-electron chi connectivity index (χ0n) is 15.0. The molecule has 1 amide bonds. The summed E-state index contributed by atoms with van der Waals surface area (Å²) in [5.41, 5.74) is 5.25. The number of aryl methyl sites for hydroxylation is 1. The molecule has 25 heavy (non-hydrogen) atoms. The number of hydrogen-bond donors (Lipinski definition) is 1. The molecule has 0 saturated carbocycles. The van der Waals surface area contributed by atoms with Crippen LogP contribution in [0.5, 0.6) is 0 Å². The van der Waals surface area contributed by atoms with Crippen molar-refractivity contribution in [2.24, 2.45) is 5.10 Å². The summed E-state index contributed by atoms with van der Waals surface area (Å²) < 4.78 is 0. The number of unbranched alkanes of at least 4 members (excludes halogenated alkanes) is 5. The quantitative estimate of drug-likeness (QED) is 0.282. The first-order valence-electron chi connectivity index (χ1n) is 8.99. The molecule has 0 fully saturated rings. The molecule has 4 nitrogen and oxygen atoms in total. The molecule has 0 aliphatic rings. The molecule has 1 aromatic heterocycles. The summed E-state index contributed by atoms with van der Waals surface area (Å²) in [6.45, 7) is 4.22. The van der Waals surface area contributed by atoms with E-state index in [4.69, 9.17) is 11.6 Å². The highest BCUT2D eigenvalue weighted by Gasteiger charge is 2.04. The minimum absolute atomic E-state index is 0.0627. The van der Waals surface area contributed by atoms with Gasteiger partial charge in [0.2, 0.25) is 5.91 Å². The van der Waals surface area contributed by atoms with Crippen LogP contribution in [0.2, 0.25) is 5.15 Å². The highest BCUT2D eigenvalue weighted by atomic mass is 35.5. The van der Waals surface area contributed by atoms with Gasteiger partial charge >= 0.3 is 0 Å². The van der Waals surface area contributed by atoms with Gasteiger partial charge in [-0.15, -0.1) is 0 Å². The Balaban J connectivity index is 1.83. The van der Waals surface area contributed by atoms with Gasteiger partial charge in [-0.2, -0.15) is 5.10 Å². The summed E-state index contributed by atoms with van der Waals surface area (Å²) in [5.74, 6) is -0.0627. The van der Waals surface area contributed by atoms with E-state index in [0.29, 0.717) is 17.1 Å². The third-order valence-electron chi connectivity index (χ3n) is 4.10. The Bertz CT molecular complexity index is 743. The maximum absolute atomic E-state index is 11.8. The van der Waals surface area contributed by atoms with Gasteiger partial charge in [0, 0.05) is 17.4 Å². The normalized spacial score (nSPS) is 11.3. The van der Waals surface area contributed by atoms with Crippen LogP contribution < -0.4 is 5.43 Å². The van der Waals surface area contributed by atoms with Crippen LogP contribution in [0, 0.1) is 6.92 Å². The third kappa shape index (κ3) is 6.46. The lowest BCUT2D eigenvalue weighted by molar-refractivity contribution is -0.121. The smallest absolute Gasteiger partial charge is 0.240 e. The molecule has 1 aromatic carbocycles. The van der Waals surface area contributed by atoms with Gasteiger partial charge in [0.05, 0.1) is 11.7 Å². The molecule has 2 aromatic rings. The topological polar surface area (TPSA) is 54.4 Å². The number of carbonyl (C=O) groups is 1. The van der Waals surface area contributed by atoms with E-state index >= 15 is 0 Å². The van der Waals surface area contributed by atoms with E-state index in [2.05, 4.69) is 22.4 Å². The fourth-order valence-corrected chi connectivity index (χ4v) is 2.85. The molecular weight excluding hydrogens is 334 g/mol. The van der Waals surface area contributed by atoms with Crippen LogP contribution in [0.25, 0.3) is 10.9 Å². The summed E-state index contributed by atoms with van der Waals surface area (Å²) in [6.07, 6.45) is 9.02. The zero-order chi connectivity index (χ0) is 18.1. The number of nitrogens with one attached hydrogen (secondary N) is 1. The van der Waals surface area contributed by atoms with Crippen molar-refractivity contribution < 1.29 is 4.79 Å². The molecule has 0 bridgehead atoms. The van der Waals surface area contributed by atoms with E-state index in [-0.39, 0.29) is 5.91 Å². The van der Waals surface area contributed by atoms with Crippen LogP contribution in [0.4, 0.5) is 0 Å². The number of benzene rings is 1. The van der Waals surface area contributed by atoms with Gasteiger partial charge in [0.15, 0.2) is 0 Å². The molecule has 0 radical (unpaired) electrons. The van der Waals surface area contributed by atoms with Crippen LogP contribution in [0.3, 0.4) is 0 Å². The van der Waals surface area contributed by atoms with Crippen molar-refractivity contribution in [1.29, 1.82) is 0 Å². The molecule has 0 aliphatic heterocycles. The third-order valence-corrected chi connectivity index (χ3v) is 4.41. The summed E-state index contributed by atoms with van der Waals surface area (Å²) in [7, 11) is 0. The van der Waals surface area contributed by atoms with E-state index in [1.165, 1.54) is 25.7 Å². The Morgan fingerprint density at radius 3 is 2.76 bits per heavy atom. The molecule has 1 heterocycles. The molecule has 2 rings (SSSR count). The second-order valence-electron chi connectivity index (χ2n) is 6.38. The monoisotopic (exact) mass is 359 g/mol. The van der Waals surface area contributed by atoms with Gasteiger partial charge < -0.3 is 0 Å². The van der Waals surface area contributed by atoms with Crippen LogP contribution in [-0.2, 0) is 4.79 Å². The van der Waals surface area contributed by atoms with Gasteiger partial charge in [0.1, 0.15) is 5.15 Å². The number of fused-ring (bicyclic) bond motifs is 1. The van der Waals surface area contributed by atoms with Crippen LogP contribution in [0.1, 0.15) is 63.0 Å². The van der Waals surface area contributed by atoms with Crippen molar-refractivity contribution in [2.45, 2.75) is 58.8 Å². The molecule has 0 aliphatic carbocycles. The molecule has 134 valence electrons. The molecule has 1 N–H and O–H groups in total. The Labute approximate surface area is 154 Å². The number of halogens is 1. The molecular formula is C20H26ClN3O. The fraction of sp³-hybridized carbons (Fsp3) is 0.450. The summed E-state index contributed by atoms with van der Waals surface area (Å²) >= 11 is 6.20. The minimum Gasteiger partial charge on any atom is -0.273 e. The van der Waals surface area contributed by atoms with E-state index in [9.17, 15) is 4.79 Å².